The number of terminal acetylenes is 1. The molecule has 80 valence electrons. The van der Waals surface area contributed by atoms with Crippen LogP contribution < -0.4 is 5.32 Å². The van der Waals surface area contributed by atoms with Gasteiger partial charge in [-0.15, -0.1) is 6.42 Å². The Bertz CT molecular complexity index is 224. The second-order valence-electron chi connectivity index (χ2n) is 5.42. The molecule has 0 heterocycles. The van der Waals surface area contributed by atoms with E-state index in [2.05, 4.69) is 38.9 Å². The van der Waals surface area contributed by atoms with E-state index in [0.717, 1.165) is 11.8 Å². The molecule has 1 N–H and O–H groups in total. The van der Waals surface area contributed by atoms with E-state index in [1.165, 1.54) is 19.3 Å². The minimum Gasteiger partial charge on any atom is -0.299 e. The Hall–Kier alpha value is -0.480. The third-order valence-corrected chi connectivity index (χ3v) is 3.34. The van der Waals surface area contributed by atoms with Crippen molar-refractivity contribution in [2.75, 3.05) is 0 Å². The first kappa shape index (κ1) is 11.6. The Labute approximate surface area is 88.7 Å². The van der Waals surface area contributed by atoms with Crippen LogP contribution in [0.15, 0.2) is 0 Å². The monoisotopic (exact) mass is 193 g/mol. The zero-order valence-electron chi connectivity index (χ0n) is 9.93. The van der Waals surface area contributed by atoms with Crippen molar-refractivity contribution in [3.05, 3.63) is 0 Å². The van der Waals surface area contributed by atoms with Crippen LogP contribution in [-0.4, -0.2) is 11.6 Å². The lowest BCUT2D eigenvalue weighted by Crippen LogP contribution is -2.49. The minimum atomic E-state index is -0.153. The van der Waals surface area contributed by atoms with Gasteiger partial charge < -0.3 is 0 Å². The van der Waals surface area contributed by atoms with E-state index in [1.54, 1.807) is 0 Å². The quantitative estimate of drug-likeness (QED) is 0.665. The molecule has 1 rings (SSSR count). The normalized spacial score (nSPS) is 33.8. The Morgan fingerprint density at radius 2 is 1.93 bits per heavy atom. The molecule has 0 aromatic heterocycles. The van der Waals surface area contributed by atoms with Gasteiger partial charge in [-0.25, -0.2) is 0 Å². The van der Waals surface area contributed by atoms with Gasteiger partial charge in [0.2, 0.25) is 0 Å². The smallest absolute Gasteiger partial charge is 0.0743 e. The fourth-order valence-corrected chi connectivity index (χ4v) is 2.38. The van der Waals surface area contributed by atoms with E-state index in [1.807, 2.05) is 0 Å². The molecular formula is C13H23N. The molecule has 1 nitrogen and oxygen atoms in total. The molecule has 0 radical (unpaired) electrons. The van der Waals surface area contributed by atoms with Crippen molar-refractivity contribution < 1.29 is 0 Å². The predicted molar refractivity (Wildman–Crippen MR) is 62.0 cm³/mol. The molecule has 0 aromatic rings. The van der Waals surface area contributed by atoms with E-state index in [4.69, 9.17) is 6.42 Å². The number of hydrogen-bond donors (Lipinski definition) is 1. The molecule has 14 heavy (non-hydrogen) atoms. The molecule has 0 bridgehead atoms. The van der Waals surface area contributed by atoms with Gasteiger partial charge in [0.25, 0.3) is 0 Å². The molecule has 0 saturated heterocycles. The molecule has 0 spiro atoms. The van der Waals surface area contributed by atoms with Gasteiger partial charge in [0.05, 0.1) is 5.54 Å². The SMILES string of the molecule is C#CC(C)(C)NC1CCC(C)CC1C. The highest BCUT2D eigenvalue weighted by atomic mass is 15.0. The molecule has 0 amide bonds. The molecule has 1 aliphatic carbocycles. The molecule has 3 unspecified atom stereocenters. The van der Waals surface area contributed by atoms with Crippen molar-refractivity contribution >= 4 is 0 Å². The van der Waals surface area contributed by atoms with Crippen molar-refractivity contribution in [3.63, 3.8) is 0 Å². The standard InChI is InChI=1S/C13H23N/c1-6-13(4,5)14-12-8-7-10(2)9-11(12)3/h1,10-12,14H,7-9H2,2-5H3. The van der Waals surface area contributed by atoms with Crippen LogP contribution in [0.25, 0.3) is 0 Å². The van der Waals surface area contributed by atoms with Crippen LogP contribution in [0.4, 0.5) is 0 Å². The van der Waals surface area contributed by atoms with Gasteiger partial charge in [-0.05, 0) is 44.9 Å². The first-order valence-corrected chi connectivity index (χ1v) is 5.70. The number of nitrogens with one attached hydrogen (secondary N) is 1. The van der Waals surface area contributed by atoms with Crippen molar-refractivity contribution in [1.82, 2.24) is 5.32 Å². The van der Waals surface area contributed by atoms with Gasteiger partial charge in [0.1, 0.15) is 0 Å². The Kier molecular flexibility index (Phi) is 3.61. The summed E-state index contributed by atoms with van der Waals surface area (Å²) in [5.41, 5.74) is -0.153. The highest BCUT2D eigenvalue weighted by molar-refractivity contribution is 5.08. The maximum Gasteiger partial charge on any atom is 0.0743 e. The predicted octanol–water partition coefficient (Wildman–Crippen LogP) is 2.81. The maximum absolute atomic E-state index is 5.48. The highest BCUT2D eigenvalue weighted by Crippen LogP contribution is 2.29. The topological polar surface area (TPSA) is 12.0 Å². The van der Waals surface area contributed by atoms with Gasteiger partial charge in [0, 0.05) is 6.04 Å². The minimum absolute atomic E-state index is 0.153. The Balaban J connectivity index is 2.50. The van der Waals surface area contributed by atoms with Gasteiger partial charge in [-0.3, -0.25) is 5.32 Å². The Morgan fingerprint density at radius 1 is 1.29 bits per heavy atom. The summed E-state index contributed by atoms with van der Waals surface area (Å²) in [5, 5.41) is 3.58. The van der Waals surface area contributed by atoms with Crippen LogP contribution in [0.2, 0.25) is 0 Å². The fourth-order valence-electron chi connectivity index (χ4n) is 2.38. The van der Waals surface area contributed by atoms with E-state index < -0.39 is 0 Å². The number of hydrogen-bond acceptors (Lipinski definition) is 1. The molecule has 0 aromatic carbocycles. The van der Waals surface area contributed by atoms with Crippen LogP contribution in [0.5, 0.6) is 0 Å². The van der Waals surface area contributed by atoms with Crippen LogP contribution in [0.1, 0.15) is 47.0 Å². The first-order valence-electron chi connectivity index (χ1n) is 5.70. The van der Waals surface area contributed by atoms with Crippen LogP contribution >= 0.6 is 0 Å². The number of rotatable bonds is 2. The molecule has 1 aliphatic rings. The fraction of sp³-hybridized carbons (Fsp3) is 0.846. The summed E-state index contributed by atoms with van der Waals surface area (Å²) >= 11 is 0. The summed E-state index contributed by atoms with van der Waals surface area (Å²) in [6, 6.07) is 0.609. The summed E-state index contributed by atoms with van der Waals surface area (Å²) < 4.78 is 0. The van der Waals surface area contributed by atoms with Crippen molar-refractivity contribution in [3.8, 4) is 12.3 Å². The summed E-state index contributed by atoms with van der Waals surface area (Å²) in [6.45, 7) is 8.84. The largest absolute Gasteiger partial charge is 0.299 e. The van der Waals surface area contributed by atoms with E-state index in [9.17, 15) is 0 Å². The average Bonchev–Trinajstić information content (AvgIpc) is 2.10. The second kappa shape index (κ2) is 4.36. The highest BCUT2D eigenvalue weighted by Gasteiger charge is 2.28. The Morgan fingerprint density at radius 3 is 2.43 bits per heavy atom. The van der Waals surface area contributed by atoms with E-state index >= 15 is 0 Å². The van der Waals surface area contributed by atoms with Gasteiger partial charge >= 0.3 is 0 Å². The van der Waals surface area contributed by atoms with Crippen molar-refractivity contribution in [2.24, 2.45) is 11.8 Å². The molecule has 0 aliphatic heterocycles. The third-order valence-electron chi connectivity index (χ3n) is 3.34. The van der Waals surface area contributed by atoms with Gasteiger partial charge in [-0.2, -0.15) is 0 Å². The molecule has 1 saturated carbocycles. The van der Waals surface area contributed by atoms with Gasteiger partial charge in [-0.1, -0.05) is 19.8 Å². The zero-order chi connectivity index (χ0) is 10.8. The lowest BCUT2D eigenvalue weighted by atomic mass is 9.79. The molecular weight excluding hydrogens is 170 g/mol. The third kappa shape index (κ3) is 3.03. The molecule has 1 heteroatoms. The van der Waals surface area contributed by atoms with E-state index in [-0.39, 0.29) is 5.54 Å². The lowest BCUT2D eigenvalue weighted by molar-refractivity contribution is 0.206. The van der Waals surface area contributed by atoms with Crippen LogP contribution in [0.3, 0.4) is 0 Å². The summed E-state index contributed by atoms with van der Waals surface area (Å²) in [5.74, 6) is 4.45. The van der Waals surface area contributed by atoms with Crippen LogP contribution in [-0.2, 0) is 0 Å². The zero-order valence-corrected chi connectivity index (χ0v) is 9.93. The van der Waals surface area contributed by atoms with Crippen molar-refractivity contribution in [1.29, 1.82) is 0 Å². The summed E-state index contributed by atoms with van der Waals surface area (Å²) in [6.07, 6.45) is 9.42. The second-order valence-corrected chi connectivity index (χ2v) is 5.42. The first-order chi connectivity index (χ1) is 6.44. The van der Waals surface area contributed by atoms with Crippen molar-refractivity contribution in [2.45, 2.75) is 58.5 Å². The molecule has 3 atom stereocenters. The average molecular weight is 193 g/mol. The summed E-state index contributed by atoms with van der Waals surface area (Å²) in [7, 11) is 0. The lowest BCUT2D eigenvalue weighted by Gasteiger charge is -2.37. The maximum atomic E-state index is 5.48. The van der Waals surface area contributed by atoms with E-state index in [0.29, 0.717) is 6.04 Å². The molecule has 1 fully saturated rings. The van der Waals surface area contributed by atoms with Gasteiger partial charge in [0.15, 0.2) is 0 Å². The summed E-state index contributed by atoms with van der Waals surface area (Å²) in [4.78, 5) is 0. The van der Waals surface area contributed by atoms with Crippen LogP contribution in [0, 0.1) is 24.2 Å².